The number of fused-ring (bicyclic) bond motifs is 2. The van der Waals surface area contributed by atoms with E-state index < -0.39 is 0 Å². The molecule has 3 aromatic heterocycles. The number of carbonyl (C=O) groups is 1. The number of nitrogens with one attached hydrogen (secondary N) is 1. The lowest BCUT2D eigenvalue weighted by molar-refractivity contribution is -0.874. The molecule has 0 spiro atoms. The minimum Gasteiger partial charge on any atom is -0.380 e. The molecule has 0 saturated heterocycles. The van der Waals surface area contributed by atoms with Crippen molar-refractivity contribution in [2.24, 2.45) is 0 Å². The lowest BCUT2D eigenvalue weighted by Gasteiger charge is -2.25. The summed E-state index contributed by atoms with van der Waals surface area (Å²) in [5.41, 5.74) is 3.38. The highest BCUT2D eigenvalue weighted by atomic mass is 32.1. The number of unbranched alkanes of at least 4 members (excludes halogenated alkanes) is 1. The maximum atomic E-state index is 12.5. The van der Waals surface area contributed by atoms with E-state index in [1.54, 1.807) is 24.8 Å². The summed E-state index contributed by atoms with van der Waals surface area (Å²) < 4.78 is 6.98. The van der Waals surface area contributed by atoms with Gasteiger partial charge in [-0.25, -0.2) is 9.78 Å². The van der Waals surface area contributed by atoms with E-state index in [9.17, 15) is 4.79 Å². The fourth-order valence-electron chi connectivity index (χ4n) is 4.56. The van der Waals surface area contributed by atoms with Crippen LogP contribution >= 0.6 is 11.3 Å². The zero-order valence-corrected chi connectivity index (χ0v) is 22.5. The molecule has 9 heteroatoms. The fraction of sp³-hybridized carbons (Fsp3) is 0.556. The quantitative estimate of drug-likeness (QED) is 0.276. The SMILES string of the molecule is CO[C@H](C)CN(CCCCc1ccc2c(n1)NCCC2)CCCC(=O)O[n+]1cnc2sccc2c1C. The molecule has 0 unspecified atom stereocenters. The molecule has 8 nitrogen and oxygen atoms in total. The smallest absolute Gasteiger partial charge is 0.358 e. The lowest BCUT2D eigenvalue weighted by atomic mass is 10.1. The van der Waals surface area contributed by atoms with E-state index in [1.165, 1.54) is 16.7 Å². The second-order valence-electron chi connectivity index (χ2n) is 9.51. The van der Waals surface area contributed by atoms with Gasteiger partial charge in [-0.3, -0.25) is 4.84 Å². The van der Waals surface area contributed by atoms with Crippen LogP contribution in [0.4, 0.5) is 5.82 Å². The average molecular weight is 513 g/mol. The van der Waals surface area contributed by atoms with Gasteiger partial charge in [-0.15, -0.1) is 0 Å². The first-order valence-corrected chi connectivity index (χ1v) is 13.8. The third kappa shape index (κ3) is 7.21. The van der Waals surface area contributed by atoms with E-state index in [0.29, 0.717) is 6.42 Å². The highest BCUT2D eigenvalue weighted by Crippen LogP contribution is 2.20. The van der Waals surface area contributed by atoms with E-state index in [-0.39, 0.29) is 12.1 Å². The van der Waals surface area contributed by atoms with Crippen LogP contribution in [0, 0.1) is 6.92 Å². The Kier molecular flexibility index (Phi) is 9.60. The monoisotopic (exact) mass is 512 g/mol. The molecule has 1 aliphatic rings. The van der Waals surface area contributed by atoms with Gasteiger partial charge in [0.1, 0.15) is 5.82 Å². The van der Waals surface area contributed by atoms with E-state index >= 15 is 0 Å². The van der Waals surface area contributed by atoms with Crippen LogP contribution in [-0.2, 0) is 22.4 Å². The molecule has 0 radical (unpaired) electrons. The largest absolute Gasteiger partial charge is 0.380 e. The third-order valence-corrected chi connectivity index (χ3v) is 7.55. The summed E-state index contributed by atoms with van der Waals surface area (Å²) in [7, 11) is 1.74. The number of rotatable bonds is 13. The number of aryl methyl sites for hydroxylation is 3. The third-order valence-electron chi connectivity index (χ3n) is 6.73. The first-order valence-electron chi connectivity index (χ1n) is 13.0. The molecule has 0 aromatic carbocycles. The Morgan fingerprint density at radius 2 is 2.11 bits per heavy atom. The Bertz CT molecular complexity index is 1150. The summed E-state index contributed by atoms with van der Waals surface area (Å²) in [5, 5.41) is 6.43. The van der Waals surface area contributed by atoms with Crippen LogP contribution in [0.1, 0.15) is 56.0 Å². The Morgan fingerprint density at radius 3 is 2.97 bits per heavy atom. The number of ether oxygens (including phenoxy) is 1. The van der Waals surface area contributed by atoms with Crippen LogP contribution in [0.25, 0.3) is 10.2 Å². The maximum Gasteiger partial charge on any atom is 0.358 e. The molecule has 0 fully saturated rings. The zero-order chi connectivity index (χ0) is 25.3. The molecule has 1 N–H and O–H groups in total. The molecule has 0 bridgehead atoms. The number of nitrogens with zero attached hydrogens (tertiary/aromatic N) is 4. The maximum absolute atomic E-state index is 12.5. The van der Waals surface area contributed by atoms with Gasteiger partial charge in [0, 0.05) is 32.8 Å². The molecular weight excluding hydrogens is 474 g/mol. The van der Waals surface area contributed by atoms with Gasteiger partial charge in [0.25, 0.3) is 0 Å². The normalized spacial score (nSPS) is 14.0. The summed E-state index contributed by atoms with van der Waals surface area (Å²) in [6, 6.07) is 6.40. The summed E-state index contributed by atoms with van der Waals surface area (Å²) in [4.78, 5) is 30.6. The second kappa shape index (κ2) is 13.1. The summed E-state index contributed by atoms with van der Waals surface area (Å²) in [5.74, 6) is 0.826. The van der Waals surface area contributed by atoms with Gasteiger partial charge in [-0.1, -0.05) is 17.4 Å². The molecule has 4 rings (SSSR count). The van der Waals surface area contributed by atoms with Gasteiger partial charge >= 0.3 is 12.3 Å². The summed E-state index contributed by atoms with van der Waals surface area (Å²) >= 11 is 1.58. The van der Waals surface area contributed by atoms with Crippen LogP contribution in [0.5, 0.6) is 0 Å². The van der Waals surface area contributed by atoms with E-state index in [2.05, 4.69) is 34.3 Å². The predicted molar refractivity (Wildman–Crippen MR) is 142 cm³/mol. The van der Waals surface area contributed by atoms with Crippen molar-refractivity contribution in [3.8, 4) is 0 Å². The first-order chi connectivity index (χ1) is 17.5. The van der Waals surface area contributed by atoms with Gasteiger partial charge in [-0.2, -0.15) is 0 Å². The van der Waals surface area contributed by atoms with Crippen LogP contribution in [-0.4, -0.2) is 60.2 Å². The number of hydrogen-bond donors (Lipinski definition) is 1. The van der Waals surface area contributed by atoms with Crippen molar-refractivity contribution in [3.63, 3.8) is 0 Å². The lowest BCUT2D eigenvalue weighted by Crippen LogP contribution is -2.48. The number of anilines is 1. The number of carbonyl (C=O) groups excluding carboxylic acids is 1. The Labute approximate surface area is 217 Å². The molecule has 1 atom stereocenters. The van der Waals surface area contributed by atoms with Gasteiger partial charge in [0.05, 0.1) is 17.9 Å². The van der Waals surface area contributed by atoms with Gasteiger partial charge in [0.15, 0.2) is 5.69 Å². The predicted octanol–water partition coefficient (Wildman–Crippen LogP) is 3.74. The number of hydrogen-bond acceptors (Lipinski definition) is 8. The Morgan fingerprint density at radius 1 is 1.25 bits per heavy atom. The highest BCUT2D eigenvalue weighted by molar-refractivity contribution is 7.16. The Hall–Kier alpha value is -2.62. The van der Waals surface area contributed by atoms with Crippen molar-refractivity contribution in [1.82, 2.24) is 14.9 Å². The molecule has 4 heterocycles. The van der Waals surface area contributed by atoms with E-state index in [4.69, 9.17) is 14.6 Å². The van der Waals surface area contributed by atoms with Crippen LogP contribution in [0.3, 0.4) is 0 Å². The molecule has 1 aliphatic heterocycles. The first kappa shape index (κ1) is 26.4. The number of pyridine rings is 1. The molecule has 3 aromatic rings. The standard InChI is InChI=1S/C27H38N5O3S/c1-20(34-3)18-31(15-5-4-9-23-12-11-22-8-6-14-28-26(22)30-23)16-7-10-25(33)35-32-19-29-27-24(21(32)2)13-17-36-27/h11-13,17,19-20H,4-10,14-16,18H2,1-3H3,(H,28,30)/q+1/t20-/m1/s1. The van der Waals surface area contributed by atoms with E-state index in [1.807, 2.05) is 18.4 Å². The van der Waals surface area contributed by atoms with Crippen LogP contribution in [0.2, 0.25) is 0 Å². The Balaban J connectivity index is 1.21. The van der Waals surface area contributed by atoms with Crippen molar-refractivity contribution in [1.29, 1.82) is 0 Å². The average Bonchev–Trinajstić information content (AvgIpc) is 3.37. The number of thiophene rings is 1. The van der Waals surface area contributed by atoms with Gasteiger partial charge < -0.3 is 15.0 Å². The summed E-state index contributed by atoms with van der Waals surface area (Å²) in [6.07, 6.45) is 8.26. The van der Waals surface area contributed by atoms with Crippen LogP contribution in [0.15, 0.2) is 29.9 Å². The molecule has 0 saturated carbocycles. The minimum atomic E-state index is -0.244. The molecule has 0 aliphatic carbocycles. The van der Waals surface area contributed by atoms with Crippen molar-refractivity contribution in [2.45, 2.75) is 64.9 Å². The number of methoxy groups -OCH3 is 1. The molecule has 194 valence electrons. The molecule has 0 amide bonds. The fourth-order valence-corrected chi connectivity index (χ4v) is 5.35. The van der Waals surface area contributed by atoms with Crippen molar-refractivity contribution < 1.29 is 19.1 Å². The van der Waals surface area contributed by atoms with E-state index in [0.717, 1.165) is 85.7 Å². The molecular formula is C27H38N5O3S+. The number of aromatic nitrogens is 3. The molecule has 36 heavy (non-hydrogen) atoms. The van der Waals surface area contributed by atoms with Crippen LogP contribution < -0.4 is 14.9 Å². The highest BCUT2D eigenvalue weighted by Gasteiger charge is 2.18. The second-order valence-corrected chi connectivity index (χ2v) is 10.4. The van der Waals surface area contributed by atoms with Crippen molar-refractivity contribution in [2.75, 3.05) is 38.6 Å². The van der Waals surface area contributed by atoms with Crippen molar-refractivity contribution in [3.05, 3.63) is 46.9 Å². The summed E-state index contributed by atoms with van der Waals surface area (Å²) in [6.45, 7) is 7.68. The topological polar surface area (TPSA) is 80.5 Å². The van der Waals surface area contributed by atoms with Gasteiger partial charge in [0.2, 0.25) is 4.83 Å². The van der Waals surface area contributed by atoms with Crippen molar-refractivity contribution >= 4 is 33.3 Å². The zero-order valence-electron chi connectivity index (χ0n) is 21.7. The van der Waals surface area contributed by atoms with Gasteiger partial charge in [-0.05, 0) is 91.3 Å². The minimum absolute atomic E-state index is 0.145.